The summed E-state index contributed by atoms with van der Waals surface area (Å²) in [4.78, 5) is 24.5. The minimum Gasteiger partial charge on any atom is -0.466 e. The second kappa shape index (κ2) is 53.2. The highest BCUT2D eigenvalue weighted by Crippen LogP contribution is 2.17. The zero-order valence-electron chi connectivity index (χ0n) is 42.6. The topological polar surface area (TPSA) is 95.9 Å². The molecule has 0 saturated heterocycles. The first-order valence-corrected chi connectivity index (χ1v) is 28.4. The average Bonchev–Trinajstić information content (AvgIpc) is 3.28. The molecular formula is C57H111NO5. The summed E-state index contributed by atoms with van der Waals surface area (Å²) >= 11 is 0. The number of ether oxygens (including phenoxy) is 1. The first-order valence-electron chi connectivity index (χ1n) is 28.4. The van der Waals surface area contributed by atoms with E-state index in [9.17, 15) is 19.8 Å². The van der Waals surface area contributed by atoms with Crippen molar-refractivity contribution in [2.45, 2.75) is 328 Å². The Kier molecular flexibility index (Phi) is 52.0. The molecular weight excluding hydrogens is 779 g/mol. The van der Waals surface area contributed by atoms with Gasteiger partial charge in [-0.2, -0.15) is 0 Å². The van der Waals surface area contributed by atoms with Crippen molar-refractivity contribution in [3.05, 3.63) is 12.2 Å². The Bertz CT molecular complexity index is 939. The van der Waals surface area contributed by atoms with E-state index in [1.54, 1.807) is 0 Å². The van der Waals surface area contributed by atoms with Gasteiger partial charge in [0.1, 0.15) is 0 Å². The van der Waals surface area contributed by atoms with Crippen LogP contribution in [0.5, 0.6) is 0 Å². The number of unbranched alkanes of at least 4 members (excludes halogenated alkanes) is 40. The number of aliphatic hydroxyl groups is 2. The number of carbonyl (C=O) groups is 2. The van der Waals surface area contributed by atoms with Crippen LogP contribution in [0, 0.1) is 0 Å². The summed E-state index contributed by atoms with van der Waals surface area (Å²) in [5.74, 6) is -0.0326. The largest absolute Gasteiger partial charge is 0.466 e. The maximum atomic E-state index is 12.4. The minimum atomic E-state index is -0.663. The molecule has 0 radical (unpaired) electrons. The van der Waals surface area contributed by atoms with E-state index in [4.69, 9.17) is 4.74 Å². The van der Waals surface area contributed by atoms with E-state index in [2.05, 4.69) is 31.3 Å². The van der Waals surface area contributed by atoms with Gasteiger partial charge < -0.3 is 20.3 Å². The quantitative estimate of drug-likeness (QED) is 0.0321. The van der Waals surface area contributed by atoms with E-state index in [1.807, 2.05) is 0 Å². The van der Waals surface area contributed by atoms with Crippen LogP contribution in [0.25, 0.3) is 0 Å². The predicted octanol–water partition coefficient (Wildman–Crippen LogP) is 17.3. The van der Waals surface area contributed by atoms with Gasteiger partial charge in [-0.1, -0.05) is 264 Å². The molecule has 6 nitrogen and oxygen atoms in total. The van der Waals surface area contributed by atoms with Crippen molar-refractivity contribution in [1.82, 2.24) is 5.32 Å². The van der Waals surface area contributed by atoms with Crippen LogP contribution in [-0.4, -0.2) is 47.4 Å². The fraction of sp³-hybridized carbons (Fsp3) is 0.930. The minimum absolute atomic E-state index is 0.00601. The molecule has 0 spiro atoms. The highest BCUT2D eigenvalue weighted by atomic mass is 16.5. The summed E-state index contributed by atoms with van der Waals surface area (Å²) in [6, 6.07) is -0.541. The van der Waals surface area contributed by atoms with Gasteiger partial charge in [0.25, 0.3) is 0 Å². The Labute approximate surface area is 393 Å². The van der Waals surface area contributed by atoms with Crippen LogP contribution < -0.4 is 5.32 Å². The number of carbonyl (C=O) groups excluding carboxylic acids is 2. The van der Waals surface area contributed by atoms with Crippen LogP contribution in [0.15, 0.2) is 12.2 Å². The third-order valence-corrected chi connectivity index (χ3v) is 13.3. The lowest BCUT2D eigenvalue weighted by atomic mass is 10.0. The molecule has 1 amide bonds. The van der Waals surface area contributed by atoms with Crippen molar-refractivity contribution in [3.8, 4) is 0 Å². The fourth-order valence-electron chi connectivity index (χ4n) is 8.93. The molecule has 0 aromatic heterocycles. The number of nitrogens with one attached hydrogen (secondary N) is 1. The van der Waals surface area contributed by atoms with Gasteiger partial charge in [0.2, 0.25) is 5.91 Å². The van der Waals surface area contributed by atoms with E-state index in [0.717, 1.165) is 44.9 Å². The number of esters is 1. The highest BCUT2D eigenvalue weighted by Gasteiger charge is 2.20. The van der Waals surface area contributed by atoms with Gasteiger partial charge in [-0.05, 0) is 51.4 Å². The number of hydrogen-bond acceptors (Lipinski definition) is 5. The second-order valence-corrected chi connectivity index (χ2v) is 19.6. The number of aliphatic hydroxyl groups excluding tert-OH is 2. The maximum absolute atomic E-state index is 12.4. The third-order valence-electron chi connectivity index (χ3n) is 13.3. The summed E-state index contributed by atoms with van der Waals surface area (Å²) in [5, 5.41) is 23.1. The summed E-state index contributed by atoms with van der Waals surface area (Å²) in [5.41, 5.74) is 0. The van der Waals surface area contributed by atoms with E-state index < -0.39 is 12.1 Å². The molecule has 3 N–H and O–H groups in total. The van der Waals surface area contributed by atoms with Crippen LogP contribution in [0.4, 0.5) is 0 Å². The summed E-state index contributed by atoms with van der Waals surface area (Å²) in [6.45, 7) is 4.94. The van der Waals surface area contributed by atoms with Crippen molar-refractivity contribution in [2.24, 2.45) is 0 Å². The fourth-order valence-corrected chi connectivity index (χ4v) is 8.93. The Morgan fingerprint density at radius 3 is 1.13 bits per heavy atom. The smallest absolute Gasteiger partial charge is 0.305 e. The molecule has 0 heterocycles. The van der Waals surface area contributed by atoms with E-state index >= 15 is 0 Å². The molecule has 63 heavy (non-hydrogen) atoms. The molecule has 2 atom stereocenters. The van der Waals surface area contributed by atoms with Gasteiger partial charge in [-0.25, -0.2) is 0 Å². The summed E-state index contributed by atoms with van der Waals surface area (Å²) < 4.78 is 5.48. The summed E-state index contributed by atoms with van der Waals surface area (Å²) in [6.07, 6.45) is 62.0. The lowest BCUT2D eigenvalue weighted by Crippen LogP contribution is -2.45. The van der Waals surface area contributed by atoms with Crippen LogP contribution in [0.2, 0.25) is 0 Å². The van der Waals surface area contributed by atoms with Crippen LogP contribution in [-0.2, 0) is 14.3 Å². The summed E-state index contributed by atoms with van der Waals surface area (Å²) in [7, 11) is 0. The first kappa shape index (κ1) is 61.6. The standard InChI is InChI=1S/C57H111NO5/c1-3-5-7-9-11-13-15-16-17-21-25-28-31-35-39-43-47-51-57(62)63-52-48-44-40-36-32-29-26-23-20-18-19-22-24-27-30-34-38-42-46-50-56(61)58-54(53-59)55(60)49-45-41-37-33-14-12-10-8-6-4-2/h16-17,54-55,59-60H,3-15,18-53H2,1-2H3,(H,58,61)/b17-16-. The van der Waals surface area contributed by atoms with Gasteiger partial charge in [0.15, 0.2) is 0 Å². The van der Waals surface area contributed by atoms with Crippen molar-refractivity contribution in [1.29, 1.82) is 0 Å². The molecule has 0 bridgehead atoms. The molecule has 0 fully saturated rings. The lowest BCUT2D eigenvalue weighted by molar-refractivity contribution is -0.143. The zero-order chi connectivity index (χ0) is 45.8. The molecule has 0 saturated carbocycles. The molecule has 0 aromatic carbocycles. The average molecular weight is 891 g/mol. The Balaban J connectivity index is 3.36. The number of amides is 1. The van der Waals surface area contributed by atoms with Crippen LogP contribution >= 0.6 is 0 Å². The maximum Gasteiger partial charge on any atom is 0.305 e. The first-order chi connectivity index (χ1) is 31.0. The number of hydrogen-bond donors (Lipinski definition) is 3. The number of allylic oxidation sites excluding steroid dienone is 2. The second-order valence-electron chi connectivity index (χ2n) is 19.6. The Hall–Kier alpha value is -1.40. The molecule has 0 aromatic rings. The molecule has 6 heteroatoms. The molecule has 374 valence electrons. The van der Waals surface area contributed by atoms with Crippen LogP contribution in [0.3, 0.4) is 0 Å². The van der Waals surface area contributed by atoms with E-state index in [-0.39, 0.29) is 18.5 Å². The zero-order valence-corrected chi connectivity index (χ0v) is 42.6. The molecule has 2 unspecified atom stereocenters. The molecule has 0 aliphatic rings. The van der Waals surface area contributed by atoms with Gasteiger partial charge in [0, 0.05) is 12.8 Å². The van der Waals surface area contributed by atoms with Gasteiger partial charge in [-0.3, -0.25) is 9.59 Å². The van der Waals surface area contributed by atoms with Crippen LogP contribution in [0.1, 0.15) is 316 Å². The number of rotatable bonds is 53. The van der Waals surface area contributed by atoms with Gasteiger partial charge in [-0.15, -0.1) is 0 Å². The van der Waals surface area contributed by atoms with Crippen molar-refractivity contribution < 1.29 is 24.5 Å². The highest BCUT2D eigenvalue weighted by molar-refractivity contribution is 5.76. The monoisotopic (exact) mass is 890 g/mol. The Morgan fingerprint density at radius 2 is 0.746 bits per heavy atom. The van der Waals surface area contributed by atoms with Crippen molar-refractivity contribution in [3.63, 3.8) is 0 Å². The molecule has 0 rings (SSSR count). The van der Waals surface area contributed by atoms with E-state index in [1.165, 1.54) is 238 Å². The predicted molar refractivity (Wildman–Crippen MR) is 273 cm³/mol. The van der Waals surface area contributed by atoms with Crippen molar-refractivity contribution >= 4 is 11.9 Å². The van der Waals surface area contributed by atoms with Gasteiger partial charge in [0.05, 0.1) is 25.4 Å². The van der Waals surface area contributed by atoms with Crippen molar-refractivity contribution in [2.75, 3.05) is 13.2 Å². The SMILES string of the molecule is CCCCCCCC/C=C\CCCCCCCCCC(=O)OCCCCCCCCCCCCCCCCCCCCCC(=O)NC(CO)C(O)CCCCCCCCCCCC. The lowest BCUT2D eigenvalue weighted by Gasteiger charge is -2.22. The molecule has 0 aliphatic carbocycles. The van der Waals surface area contributed by atoms with Gasteiger partial charge >= 0.3 is 5.97 Å². The molecule has 0 aliphatic heterocycles. The normalized spacial score (nSPS) is 12.6. The Morgan fingerprint density at radius 1 is 0.429 bits per heavy atom. The van der Waals surface area contributed by atoms with E-state index in [0.29, 0.717) is 25.9 Å². The third kappa shape index (κ3) is 49.9.